The summed E-state index contributed by atoms with van der Waals surface area (Å²) in [5, 5.41) is 4.05. The maximum atomic E-state index is 5.02. The van der Waals surface area contributed by atoms with E-state index in [2.05, 4.69) is 43.4 Å². The zero-order valence-corrected chi connectivity index (χ0v) is 11.8. The Kier molecular flexibility index (Phi) is 7.33. The molecule has 1 unspecified atom stereocenters. The zero-order valence-electron chi connectivity index (χ0n) is 11.0. The van der Waals surface area contributed by atoms with Crippen LogP contribution < -0.4 is 5.32 Å². The normalized spacial score (nSPS) is 12.6. The van der Waals surface area contributed by atoms with Crippen LogP contribution in [0.2, 0.25) is 0 Å². The Balaban J connectivity index is 2.21. The Labute approximate surface area is 109 Å². The van der Waals surface area contributed by atoms with E-state index in [4.69, 9.17) is 4.74 Å². The lowest BCUT2D eigenvalue weighted by atomic mass is 10.2. The summed E-state index contributed by atoms with van der Waals surface area (Å²) >= 11 is 1.94. The van der Waals surface area contributed by atoms with Crippen molar-refractivity contribution in [3.63, 3.8) is 0 Å². The van der Waals surface area contributed by atoms with Crippen LogP contribution in [-0.2, 0) is 4.74 Å². The van der Waals surface area contributed by atoms with Gasteiger partial charge in [-0.15, -0.1) is 11.8 Å². The van der Waals surface area contributed by atoms with Crippen LogP contribution in [0.1, 0.15) is 18.9 Å². The fraction of sp³-hybridized carbons (Fsp3) is 0.571. The molecule has 0 fully saturated rings. The molecule has 1 aromatic carbocycles. The maximum absolute atomic E-state index is 5.02. The van der Waals surface area contributed by atoms with Crippen molar-refractivity contribution in [2.75, 3.05) is 26.8 Å². The SMILES string of the molecule is COCCCNCC(C)Sc1ccccc1C. The van der Waals surface area contributed by atoms with Crippen LogP contribution in [0.5, 0.6) is 0 Å². The standard InChI is InChI=1S/C14H23NOS/c1-12-7-4-5-8-14(12)17-13(2)11-15-9-6-10-16-3/h4-5,7-8,13,15H,6,9-11H2,1-3H3. The van der Waals surface area contributed by atoms with Gasteiger partial charge in [-0.25, -0.2) is 0 Å². The van der Waals surface area contributed by atoms with E-state index >= 15 is 0 Å². The van der Waals surface area contributed by atoms with Crippen molar-refractivity contribution in [3.05, 3.63) is 29.8 Å². The number of hydrogen-bond donors (Lipinski definition) is 1. The number of nitrogens with one attached hydrogen (secondary N) is 1. The Hall–Kier alpha value is -0.510. The summed E-state index contributed by atoms with van der Waals surface area (Å²) in [6, 6.07) is 8.56. The number of benzene rings is 1. The number of aryl methyl sites for hydroxylation is 1. The van der Waals surface area contributed by atoms with Gasteiger partial charge in [-0.1, -0.05) is 25.1 Å². The summed E-state index contributed by atoms with van der Waals surface area (Å²) in [5.74, 6) is 0. The molecule has 1 aromatic rings. The van der Waals surface area contributed by atoms with Crippen LogP contribution in [0.3, 0.4) is 0 Å². The first-order chi connectivity index (χ1) is 8.24. The monoisotopic (exact) mass is 253 g/mol. The third-order valence-electron chi connectivity index (χ3n) is 2.56. The minimum Gasteiger partial charge on any atom is -0.385 e. The van der Waals surface area contributed by atoms with E-state index in [0.717, 1.165) is 26.1 Å². The molecule has 0 saturated heterocycles. The Morgan fingerprint density at radius 2 is 2.12 bits per heavy atom. The molecule has 0 aliphatic carbocycles. The van der Waals surface area contributed by atoms with Crippen molar-refractivity contribution in [2.24, 2.45) is 0 Å². The summed E-state index contributed by atoms with van der Waals surface area (Å²) < 4.78 is 5.02. The molecule has 0 aromatic heterocycles. The van der Waals surface area contributed by atoms with Crippen LogP contribution in [0.4, 0.5) is 0 Å². The number of methoxy groups -OCH3 is 1. The van der Waals surface area contributed by atoms with Crippen LogP contribution in [0, 0.1) is 6.92 Å². The molecule has 17 heavy (non-hydrogen) atoms. The van der Waals surface area contributed by atoms with E-state index in [1.54, 1.807) is 7.11 Å². The number of hydrogen-bond acceptors (Lipinski definition) is 3. The minimum atomic E-state index is 0.596. The second-order valence-corrected chi connectivity index (χ2v) is 5.72. The molecule has 1 atom stereocenters. The molecule has 0 bridgehead atoms. The topological polar surface area (TPSA) is 21.3 Å². The molecule has 0 spiro atoms. The summed E-state index contributed by atoms with van der Waals surface area (Å²) in [7, 11) is 1.75. The second kappa shape index (κ2) is 8.56. The van der Waals surface area contributed by atoms with Crippen molar-refractivity contribution in [3.8, 4) is 0 Å². The number of ether oxygens (including phenoxy) is 1. The highest BCUT2D eigenvalue weighted by Gasteiger charge is 2.05. The van der Waals surface area contributed by atoms with Crippen LogP contribution >= 0.6 is 11.8 Å². The number of thioether (sulfide) groups is 1. The molecular formula is C14H23NOS. The van der Waals surface area contributed by atoms with Gasteiger partial charge < -0.3 is 10.1 Å². The van der Waals surface area contributed by atoms with Gasteiger partial charge in [0.2, 0.25) is 0 Å². The highest BCUT2D eigenvalue weighted by molar-refractivity contribution is 8.00. The van der Waals surface area contributed by atoms with E-state index < -0.39 is 0 Å². The van der Waals surface area contributed by atoms with Gasteiger partial charge in [0.15, 0.2) is 0 Å². The number of rotatable bonds is 8. The van der Waals surface area contributed by atoms with Gasteiger partial charge in [-0.2, -0.15) is 0 Å². The first kappa shape index (κ1) is 14.6. The molecule has 0 saturated carbocycles. The highest BCUT2D eigenvalue weighted by atomic mass is 32.2. The van der Waals surface area contributed by atoms with Crippen molar-refractivity contribution < 1.29 is 4.74 Å². The van der Waals surface area contributed by atoms with E-state index in [-0.39, 0.29) is 0 Å². The molecule has 2 nitrogen and oxygen atoms in total. The average molecular weight is 253 g/mol. The fourth-order valence-corrected chi connectivity index (χ4v) is 2.64. The predicted octanol–water partition coefficient (Wildman–Crippen LogP) is 3.10. The van der Waals surface area contributed by atoms with Gasteiger partial charge in [0.25, 0.3) is 0 Å². The lowest BCUT2D eigenvalue weighted by Crippen LogP contribution is -2.24. The molecular weight excluding hydrogens is 230 g/mol. The van der Waals surface area contributed by atoms with Gasteiger partial charge >= 0.3 is 0 Å². The third kappa shape index (κ3) is 6.10. The molecule has 0 heterocycles. The molecule has 96 valence electrons. The quantitative estimate of drug-likeness (QED) is 0.568. The highest BCUT2D eigenvalue weighted by Crippen LogP contribution is 2.25. The molecule has 0 aliphatic rings. The third-order valence-corrected chi connectivity index (χ3v) is 3.84. The van der Waals surface area contributed by atoms with Gasteiger partial charge in [0.05, 0.1) is 0 Å². The summed E-state index contributed by atoms with van der Waals surface area (Å²) in [5.41, 5.74) is 1.36. The predicted molar refractivity (Wildman–Crippen MR) is 75.9 cm³/mol. The average Bonchev–Trinajstić information content (AvgIpc) is 2.32. The van der Waals surface area contributed by atoms with E-state index in [1.807, 2.05) is 11.8 Å². The largest absolute Gasteiger partial charge is 0.385 e. The summed E-state index contributed by atoms with van der Waals surface area (Å²) in [4.78, 5) is 1.39. The van der Waals surface area contributed by atoms with Crippen molar-refractivity contribution in [1.82, 2.24) is 5.32 Å². The van der Waals surface area contributed by atoms with E-state index in [0.29, 0.717) is 5.25 Å². The second-order valence-electron chi connectivity index (χ2n) is 4.24. The first-order valence-electron chi connectivity index (χ1n) is 6.16. The van der Waals surface area contributed by atoms with Gasteiger partial charge in [0, 0.05) is 30.4 Å². The molecule has 0 aliphatic heterocycles. The zero-order chi connectivity index (χ0) is 12.5. The maximum Gasteiger partial charge on any atom is 0.0474 e. The smallest absolute Gasteiger partial charge is 0.0474 e. The summed E-state index contributed by atoms with van der Waals surface area (Å²) in [6.45, 7) is 7.35. The van der Waals surface area contributed by atoms with Crippen molar-refractivity contribution in [2.45, 2.75) is 30.4 Å². The minimum absolute atomic E-state index is 0.596. The molecule has 0 amide bonds. The molecule has 1 rings (SSSR count). The van der Waals surface area contributed by atoms with E-state index in [9.17, 15) is 0 Å². The lowest BCUT2D eigenvalue weighted by Gasteiger charge is -2.13. The fourth-order valence-electron chi connectivity index (χ4n) is 1.59. The first-order valence-corrected chi connectivity index (χ1v) is 7.04. The lowest BCUT2D eigenvalue weighted by molar-refractivity contribution is 0.194. The van der Waals surface area contributed by atoms with Crippen molar-refractivity contribution >= 4 is 11.8 Å². The van der Waals surface area contributed by atoms with Crippen LogP contribution in [-0.4, -0.2) is 32.1 Å². The van der Waals surface area contributed by atoms with Crippen LogP contribution in [0.25, 0.3) is 0 Å². The Bertz CT molecular complexity index is 317. The van der Waals surface area contributed by atoms with Crippen molar-refractivity contribution in [1.29, 1.82) is 0 Å². The Morgan fingerprint density at radius 1 is 1.35 bits per heavy atom. The van der Waals surface area contributed by atoms with Crippen LogP contribution in [0.15, 0.2) is 29.2 Å². The summed E-state index contributed by atoms with van der Waals surface area (Å²) in [6.07, 6.45) is 1.08. The van der Waals surface area contributed by atoms with E-state index in [1.165, 1.54) is 10.5 Å². The molecule has 3 heteroatoms. The van der Waals surface area contributed by atoms with Gasteiger partial charge in [-0.3, -0.25) is 0 Å². The van der Waals surface area contributed by atoms with Gasteiger partial charge in [-0.05, 0) is 31.5 Å². The molecule has 1 N–H and O–H groups in total. The van der Waals surface area contributed by atoms with Gasteiger partial charge in [0.1, 0.15) is 0 Å². The molecule has 0 radical (unpaired) electrons. The Morgan fingerprint density at radius 3 is 2.82 bits per heavy atom.